The van der Waals surface area contributed by atoms with Crippen LogP contribution in [0.1, 0.15) is 22.8 Å². The largest absolute Gasteiger partial charge is 0.325 e. The molecule has 8 heteroatoms. The van der Waals surface area contributed by atoms with Crippen LogP contribution < -0.4 is 10.9 Å². The van der Waals surface area contributed by atoms with Gasteiger partial charge in [0.15, 0.2) is 10.9 Å². The van der Waals surface area contributed by atoms with E-state index in [1.807, 2.05) is 31.2 Å². The molecule has 1 aromatic heterocycles. The minimum atomic E-state index is -0.267. The second kappa shape index (κ2) is 11.2. The van der Waals surface area contributed by atoms with Crippen LogP contribution >= 0.6 is 23.4 Å². The molecular weight excluding hydrogens is 482 g/mol. The van der Waals surface area contributed by atoms with Gasteiger partial charge in [-0.05, 0) is 55.0 Å². The average Bonchev–Trinajstić information content (AvgIpc) is 2.87. The first-order valence-corrected chi connectivity index (χ1v) is 12.3. The van der Waals surface area contributed by atoms with Crippen LogP contribution in [0.2, 0.25) is 5.02 Å². The molecule has 0 unspecified atom stereocenters. The van der Waals surface area contributed by atoms with Crippen molar-refractivity contribution < 1.29 is 9.59 Å². The number of anilines is 1. The lowest BCUT2D eigenvalue weighted by atomic mass is 10.1. The van der Waals surface area contributed by atoms with Crippen LogP contribution in [-0.2, 0) is 11.3 Å². The Morgan fingerprint density at radius 2 is 1.83 bits per heavy atom. The number of thioether (sulfide) groups is 1. The van der Waals surface area contributed by atoms with Gasteiger partial charge in [-0.3, -0.25) is 19.0 Å². The summed E-state index contributed by atoms with van der Waals surface area (Å²) in [4.78, 5) is 42.5. The molecule has 0 aliphatic heterocycles. The van der Waals surface area contributed by atoms with Gasteiger partial charge in [-0.2, -0.15) is 0 Å². The van der Waals surface area contributed by atoms with Crippen LogP contribution in [0.3, 0.4) is 0 Å². The number of para-hydroxylation sites is 1. The number of halogens is 1. The quantitative estimate of drug-likeness (QED) is 0.144. The SMILES string of the molecule is CCn1c(SCC(=O)Nc2cccc(C(=O)/C=C/c3ccccc3Cl)c2)nc2ccccc2c1=O. The highest BCUT2D eigenvalue weighted by molar-refractivity contribution is 7.99. The zero-order valence-corrected chi connectivity index (χ0v) is 20.5. The zero-order chi connectivity index (χ0) is 24.8. The number of allylic oxidation sites excluding steroid dienone is 1. The van der Waals surface area contributed by atoms with Gasteiger partial charge in [0.05, 0.1) is 16.7 Å². The summed E-state index contributed by atoms with van der Waals surface area (Å²) in [5.74, 6) is -0.408. The fraction of sp³-hybridized carbons (Fsp3) is 0.111. The highest BCUT2D eigenvalue weighted by Gasteiger charge is 2.13. The third kappa shape index (κ3) is 5.88. The van der Waals surface area contributed by atoms with Crippen LogP contribution in [0.15, 0.2) is 88.8 Å². The third-order valence-electron chi connectivity index (χ3n) is 5.23. The molecule has 4 rings (SSSR count). The minimum Gasteiger partial charge on any atom is -0.325 e. The van der Waals surface area contributed by atoms with Crippen LogP contribution in [0.5, 0.6) is 0 Å². The lowest BCUT2D eigenvalue weighted by Gasteiger charge is -2.11. The molecule has 1 amide bonds. The molecule has 0 atom stereocenters. The molecule has 4 aromatic rings. The van der Waals surface area contributed by atoms with Gasteiger partial charge in [0, 0.05) is 22.8 Å². The molecule has 0 spiro atoms. The van der Waals surface area contributed by atoms with Crippen molar-refractivity contribution in [1.82, 2.24) is 9.55 Å². The van der Waals surface area contributed by atoms with Crippen LogP contribution in [-0.4, -0.2) is 27.0 Å². The van der Waals surface area contributed by atoms with E-state index in [9.17, 15) is 14.4 Å². The van der Waals surface area contributed by atoms with E-state index in [-0.39, 0.29) is 23.0 Å². The summed E-state index contributed by atoms with van der Waals surface area (Å²) in [5, 5.41) is 4.40. The second-order valence-electron chi connectivity index (χ2n) is 7.60. The van der Waals surface area contributed by atoms with Gasteiger partial charge in [0.1, 0.15) is 0 Å². The Hall–Kier alpha value is -3.68. The highest BCUT2D eigenvalue weighted by Crippen LogP contribution is 2.20. The normalized spacial score (nSPS) is 11.1. The number of nitrogens with one attached hydrogen (secondary N) is 1. The molecule has 0 bridgehead atoms. The Balaban J connectivity index is 1.43. The Bertz CT molecular complexity index is 1500. The topological polar surface area (TPSA) is 81.1 Å². The van der Waals surface area contributed by atoms with Crippen molar-refractivity contribution in [1.29, 1.82) is 0 Å². The summed E-state index contributed by atoms with van der Waals surface area (Å²) in [6.45, 7) is 2.32. The van der Waals surface area contributed by atoms with E-state index in [1.165, 1.54) is 17.8 Å². The zero-order valence-electron chi connectivity index (χ0n) is 18.9. The van der Waals surface area contributed by atoms with E-state index >= 15 is 0 Å². The molecule has 1 N–H and O–H groups in total. The molecule has 0 aliphatic carbocycles. The van der Waals surface area contributed by atoms with Crippen LogP contribution in [0.25, 0.3) is 17.0 Å². The van der Waals surface area contributed by atoms with Crippen molar-refractivity contribution in [2.45, 2.75) is 18.6 Å². The maximum atomic E-state index is 12.7. The number of amides is 1. The van der Waals surface area contributed by atoms with Gasteiger partial charge in [-0.25, -0.2) is 4.98 Å². The average molecular weight is 504 g/mol. The number of fused-ring (bicyclic) bond motifs is 1. The number of benzene rings is 3. The summed E-state index contributed by atoms with van der Waals surface area (Å²) in [5.41, 5.74) is 2.16. The van der Waals surface area contributed by atoms with Crippen molar-refractivity contribution in [2.75, 3.05) is 11.1 Å². The van der Waals surface area contributed by atoms with Crippen molar-refractivity contribution in [3.8, 4) is 0 Å². The summed E-state index contributed by atoms with van der Waals surface area (Å²) >= 11 is 7.33. The van der Waals surface area contributed by atoms with E-state index in [2.05, 4.69) is 10.3 Å². The minimum absolute atomic E-state index is 0.0648. The molecule has 35 heavy (non-hydrogen) atoms. The summed E-state index contributed by atoms with van der Waals surface area (Å²) in [6, 6.07) is 21.1. The van der Waals surface area contributed by atoms with Crippen LogP contribution in [0.4, 0.5) is 5.69 Å². The molecule has 176 valence electrons. The predicted molar refractivity (Wildman–Crippen MR) is 142 cm³/mol. The number of hydrogen-bond donors (Lipinski definition) is 1. The van der Waals surface area contributed by atoms with Gasteiger partial charge in [0.2, 0.25) is 5.91 Å². The number of rotatable bonds is 8. The summed E-state index contributed by atoms with van der Waals surface area (Å²) in [6.07, 6.45) is 3.11. The van der Waals surface area contributed by atoms with E-state index in [4.69, 9.17) is 11.6 Å². The molecule has 0 saturated carbocycles. The monoisotopic (exact) mass is 503 g/mol. The van der Waals surface area contributed by atoms with Gasteiger partial charge in [-0.1, -0.05) is 65.8 Å². The van der Waals surface area contributed by atoms with Crippen LogP contribution in [0, 0.1) is 0 Å². The van der Waals surface area contributed by atoms with E-state index in [0.29, 0.717) is 38.9 Å². The Kier molecular flexibility index (Phi) is 7.80. The Morgan fingerprint density at radius 1 is 1.06 bits per heavy atom. The standard InChI is InChI=1S/C27H22ClN3O3S/c1-2-31-26(34)21-11-4-6-13-23(21)30-27(31)35-17-25(33)29-20-10-7-9-19(16-20)24(32)15-14-18-8-3-5-12-22(18)28/h3-16H,2,17H2,1H3,(H,29,33)/b15-14+. The van der Waals surface area contributed by atoms with E-state index < -0.39 is 0 Å². The molecule has 0 saturated heterocycles. The predicted octanol–water partition coefficient (Wildman–Crippen LogP) is 5.70. The number of carbonyl (C=O) groups excluding carboxylic acids is 2. The van der Waals surface area contributed by atoms with Crippen molar-refractivity contribution in [2.24, 2.45) is 0 Å². The smallest absolute Gasteiger partial charge is 0.262 e. The number of aromatic nitrogens is 2. The maximum absolute atomic E-state index is 12.7. The molecule has 0 aliphatic rings. The molecule has 0 radical (unpaired) electrons. The highest BCUT2D eigenvalue weighted by atomic mass is 35.5. The number of hydrogen-bond acceptors (Lipinski definition) is 5. The van der Waals surface area contributed by atoms with Gasteiger partial charge in [0.25, 0.3) is 5.56 Å². The second-order valence-corrected chi connectivity index (χ2v) is 8.95. The molecule has 6 nitrogen and oxygen atoms in total. The lowest BCUT2D eigenvalue weighted by Crippen LogP contribution is -2.23. The van der Waals surface area contributed by atoms with Gasteiger partial charge in [-0.15, -0.1) is 0 Å². The Labute approximate surface area is 211 Å². The molecule has 0 fully saturated rings. The number of ketones is 1. The van der Waals surface area contributed by atoms with Crippen molar-refractivity contribution >= 4 is 57.7 Å². The van der Waals surface area contributed by atoms with Gasteiger partial charge < -0.3 is 5.32 Å². The number of carbonyl (C=O) groups is 2. The van der Waals surface area contributed by atoms with E-state index in [0.717, 1.165) is 5.56 Å². The van der Waals surface area contributed by atoms with Gasteiger partial charge >= 0.3 is 0 Å². The van der Waals surface area contributed by atoms with E-state index in [1.54, 1.807) is 59.2 Å². The molecule has 1 heterocycles. The third-order valence-corrected chi connectivity index (χ3v) is 6.55. The first-order chi connectivity index (χ1) is 17.0. The lowest BCUT2D eigenvalue weighted by molar-refractivity contribution is -0.113. The fourth-order valence-electron chi connectivity index (χ4n) is 3.49. The molecule has 3 aromatic carbocycles. The fourth-order valence-corrected chi connectivity index (χ4v) is 4.55. The van der Waals surface area contributed by atoms with Crippen molar-refractivity contribution in [3.63, 3.8) is 0 Å². The van der Waals surface area contributed by atoms with Crippen molar-refractivity contribution in [3.05, 3.63) is 105 Å². The molecular formula is C27H22ClN3O3S. The number of nitrogens with zero attached hydrogens (tertiary/aromatic N) is 2. The maximum Gasteiger partial charge on any atom is 0.262 e. The first-order valence-electron chi connectivity index (χ1n) is 11.0. The summed E-state index contributed by atoms with van der Waals surface area (Å²) < 4.78 is 1.56. The Morgan fingerprint density at radius 3 is 2.63 bits per heavy atom. The first kappa shape index (κ1) is 24.4. The summed E-state index contributed by atoms with van der Waals surface area (Å²) in [7, 11) is 0.